The molecule has 34 heavy (non-hydrogen) atoms. The van der Waals surface area contributed by atoms with Gasteiger partial charge in [0.2, 0.25) is 0 Å². The van der Waals surface area contributed by atoms with E-state index >= 15 is 0 Å². The highest BCUT2D eigenvalue weighted by Gasteiger charge is 2.27. The highest BCUT2D eigenvalue weighted by molar-refractivity contribution is 5.75. The quantitative estimate of drug-likeness (QED) is 0.154. The van der Waals surface area contributed by atoms with Crippen LogP contribution >= 0.6 is 0 Å². The Morgan fingerprint density at radius 1 is 0.706 bits per heavy atom. The third-order valence-electron chi connectivity index (χ3n) is 8.51. The number of hydrogen-bond acceptors (Lipinski definition) is 3. The lowest BCUT2D eigenvalue weighted by atomic mass is 9.78. The molecule has 2 aliphatic rings. The molecule has 0 atom stereocenters. The van der Waals surface area contributed by atoms with E-state index in [4.69, 9.17) is 9.47 Å². The maximum Gasteiger partial charge on any atom is 0.314 e. The van der Waals surface area contributed by atoms with Crippen LogP contribution in [0.1, 0.15) is 123 Å². The number of unbranched alkanes of at least 4 members (excludes halogenated alkanes) is 4. The van der Waals surface area contributed by atoms with Gasteiger partial charge in [0.15, 0.2) is 0 Å². The molecule has 3 rings (SSSR count). The van der Waals surface area contributed by atoms with Gasteiger partial charge in [-0.25, -0.2) is 0 Å². The van der Waals surface area contributed by atoms with Crippen molar-refractivity contribution < 1.29 is 14.3 Å². The minimum Gasteiger partial charge on any atom is -0.494 e. The Bertz CT molecular complexity index is 666. The molecule has 3 heteroatoms. The Balaban J connectivity index is 1.24. The van der Waals surface area contributed by atoms with Gasteiger partial charge < -0.3 is 9.47 Å². The largest absolute Gasteiger partial charge is 0.494 e. The molecule has 3 nitrogen and oxygen atoms in total. The number of carbonyl (C=O) groups is 1. The van der Waals surface area contributed by atoms with Gasteiger partial charge in [-0.05, 0) is 80.5 Å². The van der Waals surface area contributed by atoms with Gasteiger partial charge in [-0.3, -0.25) is 4.79 Å². The first-order valence-electron chi connectivity index (χ1n) is 14.6. The summed E-state index contributed by atoms with van der Waals surface area (Å²) in [6.45, 7) is 5.31. The molecule has 0 spiro atoms. The zero-order chi connectivity index (χ0) is 24.0. The topological polar surface area (TPSA) is 35.5 Å². The van der Waals surface area contributed by atoms with Crippen LogP contribution in [0, 0.1) is 23.7 Å². The molecule has 0 aliphatic heterocycles. The molecule has 2 saturated carbocycles. The number of benzene rings is 1. The third-order valence-corrected chi connectivity index (χ3v) is 8.51. The molecule has 0 radical (unpaired) electrons. The maximum absolute atomic E-state index is 12.5. The fourth-order valence-electron chi connectivity index (χ4n) is 6.02. The van der Waals surface area contributed by atoms with E-state index in [0.29, 0.717) is 5.75 Å². The van der Waals surface area contributed by atoms with Crippen molar-refractivity contribution in [3.8, 4) is 11.5 Å². The van der Waals surface area contributed by atoms with Crippen molar-refractivity contribution in [2.75, 3.05) is 6.61 Å². The number of esters is 1. The normalized spacial score (nSPS) is 25.1. The molecule has 1 aromatic rings. The first-order chi connectivity index (χ1) is 16.7. The summed E-state index contributed by atoms with van der Waals surface area (Å²) in [5.41, 5.74) is 0. The minimum absolute atomic E-state index is 0.0607. The van der Waals surface area contributed by atoms with Gasteiger partial charge >= 0.3 is 5.97 Å². The molecular formula is C31H50O3. The minimum atomic E-state index is -0.0607. The molecule has 0 unspecified atom stereocenters. The van der Waals surface area contributed by atoms with Crippen LogP contribution in [0.25, 0.3) is 0 Å². The molecule has 0 heterocycles. The van der Waals surface area contributed by atoms with Crippen LogP contribution in [0.15, 0.2) is 24.3 Å². The molecule has 0 bridgehead atoms. The fraction of sp³-hybridized carbons (Fsp3) is 0.774. The van der Waals surface area contributed by atoms with Gasteiger partial charge in [-0.15, -0.1) is 0 Å². The lowest BCUT2D eigenvalue weighted by molar-refractivity contribution is -0.140. The van der Waals surface area contributed by atoms with E-state index in [9.17, 15) is 4.79 Å². The zero-order valence-electron chi connectivity index (χ0n) is 22.1. The van der Waals surface area contributed by atoms with Crippen LogP contribution in [0.5, 0.6) is 11.5 Å². The van der Waals surface area contributed by atoms with Gasteiger partial charge in [-0.1, -0.05) is 84.5 Å². The average Bonchev–Trinajstić information content (AvgIpc) is 2.88. The Hall–Kier alpha value is -1.51. The van der Waals surface area contributed by atoms with Crippen molar-refractivity contribution in [3.63, 3.8) is 0 Å². The summed E-state index contributed by atoms with van der Waals surface area (Å²) in [5.74, 6) is 4.20. The molecule has 0 N–H and O–H groups in total. The van der Waals surface area contributed by atoms with E-state index in [1.54, 1.807) is 0 Å². The summed E-state index contributed by atoms with van der Waals surface area (Å²) in [6, 6.07) is 7.60. The van der Waals surface area contributed by atoms with Crippen LogP contribution in [0.3, 0.4) is 0 Å². The highest BCUT2D eigenvalue weighted by Crippen LogP contribution is 2.34. The van der Waals surface area contributed by atoms with Crippen molar-refractivity contribution in [2.24, 2.45) is 23.7 Å². The van der Waals surface area contributed by atoms with Crippen LogP contribution < -0.4 is 9.47 Å². The molecule has 2 fully saturated rings. The van der Waals surface area contributed by atoms with Crippen LogP contribution in [-0.4, -0.2) is 12.6 Å². The smallest absolute Gasteiger partial charge is 0.314 e. The van der Waals surface area contributed by atoms with Crippen LogP contribution in [-0.2, 0) is 4.79 Å². The summed E-state index contributed by atoms with van der Waals surface area (Å²) in [5, 5.41) is 0. The second-order valence-electron chi connectivity index (χ2n) is 11.1. The van der Waals surface area contributed by atoms with E-state index < -0.39 is 0 Å². The molecule has 192 valence electrons. The van der Waals surface area contributed by atoms with Crippen LogP contribution in [0.2, 0.25) is 0 Å². The summed E-state index contributed by atoms with van der Waals surface area (Å²) < 4.78 is 11.6. The van der Waals surface area contributed by atoms with Gasteiger partial charge in [0.1, 0.15) is 11.5 Å². The Morgan fingerprint density at radius 2 is 1.26 bits per heavy atom. The zero-order valence-corrected chi connectivity index (χ0v) is 22.1. The summed E-state index contributed by atoms with van der Waals surface area (Å²) >= 11 is 0. The highest BCUT2D eigenvalue weighted by atomic mass is 16.5. The van der Waals surface area contributed by atoms with Gasteiger partial charge in [0.05, 0.1) is 12.5 Å². The Labute approximate surface area is 209 Å². The lowest BCUT2D eigenvalue weighted by Crippen LogP contribution is -2.25. The van der Waals surface area contributed by atoms with E-state index in [1.165, 1.54) is 77.0 Å². The fourth-order valence-corrected chi connectivity index (χ4v) is 6.02. The number of ether oxygens (including phenoxy) is 2. The Morgan fingerprint density at radius 3 is 1.88 bits per heavy atom. The van der Waals surface area contributed by atoms with E-state index in [1.807, 2.05) is 24.3 Å². The number of hydrogen-bond donors (Lipinski definition) is 0. The van der Waals surface area contributed by atoms with Crippen molar-refractivity contribution in [1.82, 2.24) is 0 Å². The summed E-state index contributed by atoms with van der Waals surface area (Å²) in [6.07, 6.45) is 22.2. The van der Waals surface area contributed by atoms with Gasteiger partial charge in [-0.2, -0.15) is 0 Å². The first-order valence-corrected chi connectivity index (χ1v) is 14.6. The van der Waals surface area contributed by atoms with E-state index in [0.717, 1.165) is 62.2 Å². The van der Waals surface area contributed by atoms with Gasteiger partial charge in [0.25, 0.3) is 0 Å². The number of rotatable bonds is 14. The molecular weight excluding hydrogens is 420 g/mol. The predicted molar refractivity (Wildman–Crippen MR) is 141 cm³/mol. The SMILES string of the molecule is CCCCCCCC1CCC(CCCOc2ccc(OC(=O)C3CCC(CC)CC3)cc2)CC1. The Kier molecular flexibility index (Phi) is 12.3. The predicted octanol–water partition coefficient (Wildman–Crippen LogP) is 9.13. The first kappa shape index (κ1) is 27.1. The number of carbonyl (C=O) groups excluding carboxylic acids is 1. The van der Waals surface area contributed by atoms with Crippen LogP contribution in [0.4, 0.5) is 0 Å². The second kappa shape index (κ2) is 15.5. The monoisotopic (exact) mass is 470 g/mol. The maximum atomic E-state index is 12.5. The van der Waals surface area contributed by atoms with E-state index in [-0.39, 0.29) is 11.9 Å². The standard InChI is InChI=1S/C31H50O3/c1-3-5-6-7-8-10-26-12-14-27(15-13-26)11-9-24-33-29-20-22-30(23-21-29)34-31(32)28-18-16-25(4-2)17-19-28/h20-23,25-28H,3-19,24H2,1-2H3. The molecule has 2 aliphatic carbocycles. The van der Waals surface area contributed by atoms with Gasteiger partial charge in [0, 0.05) is 0 Å². The summed E-state index contributed by atoms with van der Waals surface area (Å²) in [7, 11) is 0. The molecule has 1 aromatic carbocycles. The molecule has 0 amide bonds. The van der Waals surface area contributed by atoms with Crippen molar-refractivity contribution in [1.29, 1.82) is 0 Å². The molecule has 0 saturated heterocycles. The third kappa shape index (κ3) is 9.62. The van der Waals surface area contributed by atoms with Crippen molar-refractivity contribution in [2.45, 2.75) is 123 Å². The summed E-state index contributed by atoms with van der Waals surface area (Å²) in [4.78, 5) is 12.5. The lowest BCUT2D eigenvalue weighted by Gasteiger charge is -2.28. The van der Waals surface area contributed by atoms with Crippen molar-refractivity contribution in [3.05, 3.63) is 24.3 Å². The second-order valence-corrected chi connectivity index (χ2v) is 11.1. The van der Waals surface area contributed by atoms with E-state index in [2.05, 4.69) is 13.8 Å². The average molecular weight is 471 g/mol. The van der Waals surface area contributed by atoms with Crippen molar-refractivity contribution >= 4 is 5.97 Å². The molecule has 0 aromatic heterocycles.